The van der Waals surface area contributed by atoms with Crippen molar-refractivity contribution in [3.63, 3.8) is 0 Å². The number of thiocarbonyl (C=S) groups is 1. The van der Waals surface area contributed by atoms with Gasteiger partial charge in [0.05, 0.1) is 28.2 Å². The number of carbonyl (C=O) groups excluding carboxylic acids is 1. The van der Waals surface area contributed by atoms with Gasteiger partial charge in [-0.3, -0.25) is 19.8 Å². The maximum Gasteiger partial charge on any atom is 0.276 e. The summed E-state index contributed by atoms with van der Waals surface area (Å²) in [7, 11) is 1.54. The van der Waals surface area contributed by atoms with Crippen LogP contribution in [-0.2, 0) is 11.4 Å². The van der Waals surface area contributed by atoms with Crippen LogP contribution in [0, 0.1) is 10.1 Å². The monoisotopic (exact) mass is 478 g/mol. The van der Waals surface area contributed by atoms with Gasteiger partial charge >= 0.3 is 0 Å². The minimum atomic E-state index is -0.437. The van der Waals surface area contributed by atoms with Crippen molar-refractivity contribution in [3.8, 4) is 11.5 Å². The van der Waals surface area contributed by atoms with E-state index < -0.39 is 4.92 Å². The molecule has 33 heavy (non-hydrogen) atoms. The van der Waals surface area contributed by atoms with E-state index in [2.05, 4.69) is 0 Å². The Morgan fingerprint density at radius 3 is 2.45 bits per heavy atom. The quantitative estimate of drug-likeness (QED) is 0.190. The zero-order valence-corrected chi connectivity index (χ0v) is 19.1. The molecule has 0 unspecified atom stereocenters. The third-order valence-electron chi connectivity index (χ3n) is 4.90. The Morgan fingerprint density at radius 1 is 1.03 bits per heavy atom. The molecule has 3 aromatic rings. The average Bonchev–Trinajstić information content (AvgIpc) is 3.11. The first-order valence-electron chi connectivity index (χ1n) is 9.84. The minimum Gasteiger partial charge on any atom is -0.495 e. The largest absolute Gasteiger partial charge is 0.495 e. The highest BCUT2D eigenvalue weighted by molar-refractivity contribution is 8.27. The van der Waals surface area contributed by atoms with Crippen LogP contribution in [0.3, 0.4) is 0 Å². The zero-order chi connectivity index (χ0) is 23.4. The Kier molecular flexibility index (Phi) is 6.71. The lowest BCUT2D eigenvalue weighted by Gasteiger charge is -2.17. The Hall–Kier alpha value is -3.69. The molecule has 4 rings (SSSR count). The van der Waals surface area contributed by atoms with Crippen LogP contribution >= 0.6 is 24.0 Å². The van der Waals surface area contributed by atoms with Gasteiger partial charge in [-0.05, 0) is 30.3 Å². The molecule has 0 aromatic heterocycles. The number of methoxy groups -OCH3 is 1. The molecule has 1 saturated heterocycles. The van der Waals surface area contributed by atoms with Crippen LogP contribution in [-0.4, -0.2) is 22.3 Å². The van der Waals surface area contributed by atoms with Crippen molar-refractivity contribution in [2.24, 2.45) is 0 Å². The molecule has 1 heterocycles. The fourth-order valence-corrected chi connectivity index (χ4v) is 4.60. The molecule has 0 radical (unpaired) electrons. The summed E-state index contributed by atoms with van der Waals surface area (Å²) in [5.74, 6) is 0.782. The SMILES string of the molecule is COc1ccccc1N1C(=O)C(=Cc2ccccc2OCc2ccccc2[N+](=O)[O-])SC1=S. The van der Waals surface area contributed by atoms with Gasteiger partial charge in [0.1, 0.15) is 18.1 Å². The van der Waals surface area contributed by atoms with Crippen LogP contribution in [0.15, 0.2) is 77.7 Å². The lowest BCUT2D eigenvalue weighted by atomic mass is 10.1. The second-order valence-electron chi connectivity index (χ2n) is 6.90. The Labute approximate surface area is 199 Å². The van der Waals surface area contributed by atoms with Gasteiger partial charge in [-0.15, -0.1) is 0 Å². The highest BCUT2D eigenvalue weighted by Gasteiger charge is 2.35. The van der Waals surface area contributed by atoms with Crippen molar-refractivity contribution < 1.29 is 19.2 Å². The molecule has 0 aliphatic carbocycles. The van der Waals surface area contributed by atoms with Gasteiger partial charge in [0.25, 0.3) is 11.6 Å². The van der Waals surface area contributed by atoms with Gasteiger partial charge in [0.15, 0.2) is 4.32 Å². The van der Waals surface area contributed by atoms with Crippen LogP contribution in [0.25, 0.3) is 6.08 Å². The van der Waals surface area contributed by atoms with E-state index in [4.69, 9.17) is 21.7 Å². The van der Waals surface area contributed by atoms with Crippen molar-refractivity contribution in [2.75, 3.05) is 12.0 Å². The standard InChI is InChI=1S/C24H18N2O5S2/c1-30-21-13-7-5-11-19(21)25-23(27)22(33-24(25)32)14-16-8-3-6-12-20(16)31-15-17-9-2-4-10-18(17)26(28)29/h2-14H,15H2,1H3. The first-order valence-corrected chi connectivity index (χ1v) is 11.1. The van der Waals surface area contributed by atoms with Crippen LogP contribution in [0.5, 0.6) is 11.5 Å². The number of hydrogen-bond donors (Lipinski definition) is 0. The number of amides is 1. The number of para-hydroxylation sites is 4. The topological polar surface area (TPSA) is 81.9 Å². The normalized spacial score (nSPS) is 14.6. The van der Waals surface area contributed by atoms with Gasteiger partial charge in [0.2, 0.25) is 0 Å². The summed E-state index contributed by atoms with van der Waals surface area (Å²) >= 11 is 6.65. The van der Waals surface area contributed by atoms with Gasteiger partial charge in [-0.25, -0.2) is 0 Å². The Balaban J connectivity index is 1.60. The molecule has 0 saturated carbocycles. The average molecular weight is 479 g/mol. The van der Waals surface area contributed by atoms with Crippen LogP contribution in [0.1, 0.15) is 11.1 Å². The molecule has 1 aliphatic rings. The van der Waals surface area contributed by atoms with E-state index in [1.54, 1.807) is 48.5 Å². The Bertz CT molecular complexity index is 1270. The molecular weight excluding hydrogens is 460 g/mol. The van der Waals surface area contributed by atoms with Crippen molar-refractivity contribution in [3.05, 3.63) is 98.9 Å². The van der Waals surface area contributed by atoms with E-state index in [0.29, 0.717) is 37.5 Å². The summed E-state index contributed by atoms with van der Waals surface area (Å²) < 4.78 is 11.7. The number of nitro groups is 1. The maximum atomic E-state index is 13.2. The summed E-state index contributed by atoms with van der Waals surface area (Å²) in [6, 6.07) is 20.8. The number of nitro benzene ring substituents is 1. The summed E-state index contributed by atoms with van der Waals surface area (Å²) in [4.78, 5) is 25.9. The third-order valence-corrected chi connectivity index (χ3v) is 6.20. The van der Waals surface area contributed by atoms with Crippen molar-refractivity contribution >= 4 is 51.7 Å². The van der Waals surface area contributed by atoms with E-state index in [0.717, 1.165) is 0 Å². The van der Waals surface area contributed by atoms with Crippen molar-refractivity contribution in [1.82, 2.24) is 0 Å². The van der Waals surface area contributed by atoms with Gasteiger partial charge < -0.3 is 9.47 Å². The summed E-state index contributed by atoms with van der Waals surface area (Å²) in [5.41, 5.74) is 1.69. The molecule has 1 aliphatic heterocycles. The van der Waals surface area contributed by atoms with Gasteiger partial charge in [0, 0.05) is 11.6 Å². The second kappa shape index (κ2) is 9.85. The number of ether oxygens (including phenoxy) is 2. The van der Waals surface area contributed by atoms with Crippen molar-refractivity contribution in [2.45, 2.75) is 6.61 Å². The lowest BCUT2D eigenvalue weighted by Crippen LogP contribution is -2.27. The number of nitrogens with zero attached hydrogens (tertiary/aromatic N) is 2. The van der Waals surface area contributed by atoms with Crippen LogP contribution in [0.4, 0.5) is 11.4 Å². The molecule has 0 atom stereocenters. The van der Waals surface area contributed by atoms with Gasteiger partial charge in [-0.1, -0.05) is 66.4 Å². The predicted octanol–water partition coefficient (Wildman–Crippen LogP) is 5.59. The molecule has 1 amide bonds. The lowest BCUT2D eigenvalue weighted by molar-refractivity contribution is -0.385. The molecule has 3 aromatic carbocycles. The van der Waals surface area contributed by atoms with Gasteiger partial charge in [-0.2, -0.15) is 0 Å². The first-order chi connectivity index (χ1) is 16.0. The van der Waals surface area contributed by atoms with Crippen molar-refractivity contribution in [1.29, 1.82) is 0 Å². The summed E-state index contributed by atoms with van der Waals surface area (Å²) in [6.07, 6.45) is 1.71. The molecule has 7 nitrogen and oxygen atoms in total. The Morgan fingerprint density at radius 2 is 1.70 bits per heavy atom. The maximum absolute atomic E-state index is 13.2. The molecule has 0 spiro atoms. The molecular formula is C24H18N2O5S2. The predicted molar refractivity (Wildman–Crippen MR) is 133 cm³/mol. The highest BCUT2D eigenvalue weighted by Crippen LogP contribution is 2.40. The number of benzene rings is 3. The fraction of sp³-hybridized carbons (Fsp3) is 0.0833. The minimum absolute atomic E-state index is 0.00680. The number of thioether (sulfide) groups is 1. The third kappa shape index (κ3) is 4.74. The number of rotatable bonds is 7. The smallest absolute Gasteiger partial charge is 0.276 e. The molecule has 0 bridgehead atoms. The van der Waals surface area contributed by atoms with E-state index in [9.17, 15) is 14.9 Å². The number of carbonyl (C=O) groups is 1. The van der Waals surface area contributed by atoms with Crippen LogP contribution in [0.2, 0.25) is 0 Å². The molecule has 1 fully saturated rings. The summed E-state index contributed by atoms with van der Waals surface area (Å²) in [5, 5.41) is 11.3. The first kappa shape index (κ1) is 22.5. The molecule has 166 valence electrons. The van der Waals surface area contributed by atoms with E-state index in [1.807, 2.05) is 24.3 Å². The van der Waals surface area contributed by atoms with E-state index >= 15 is 0 Å². The summed E-state index contributed by atoms with van der Waals surface area (Å²) in [6.45, 7) is 0.0180. The molecule has 9 heteroatoms. The second-order valence-corrected chi connectivity index (χ2v) is 8.58. The van der Waals surface area contributed by atoms with E-state index in [1.165, 1.54) is 29.8 Å². The number of anilines is 1. The zero-order valence-electron chi connectivity index (χ0n) is 17.5. The van der Waals surface area contributed by atoms with Crippen LogP contribution < -0.4 is 14.4 Å². The fourth-order valence-electron chi connectivity index (χ4n) is 3.33. The van der Waals surface area contributed by atoms with E-state index in [-0.39, 0.29) is 18.2 Å². The number of hydrogen-bond acceptors (Lipinski definition) is 7. The highest BCUT2D eigenvalue weighted by atomic mass is 32.2. The molecule has 0 N–H and O–H groups in total.